The Morgan fingerprint density at radius 2 is 2.35 bits per heavy atom. The molecule has 1 aliphatic rings. The molecule has 1 heterocycles. The highest BCUT2D eigenvalue weighted by Gasteiger charge is 2.14. The van der Waals surface area contributed by atoms with Crippen molar-refractivity contribution in [2.45, 2.75) is 38.4 Å². The van der Waals surface area contributed by atoms with Crippen LogP contribution in [0.5, 0.6) is 5.75 Å². The first-order chi connectivity index (χ1) is 8.38. The van der Waals surface area contributed by atoms with Crippen LogP contribution < -0.4 is 4.74 Å². The summed E-state index contributed by atoms with van der Waals surface area (Å²) in [4.78, 5) is 0. The van der Waals surface area contributed by atoms with Crippen LogP contribution in [0.1, 0.15) is 31.2 Å². The Bertz CT molecular complexity index is 332. The van der Waals surface area contributed by atoms with E-state index in [0.717, 1.165) is 37.4 Å². The molecule has 1 fully saturated rings. The third-order valence-electron chi connectivity index (χ3n) is 3.04. The van der Waals surface area contributed by atoms with Gasteiger partial charge in [-0.3, -0.25) is 0 Å². The monoisotopic (exact) mass is 236 g/mol. The Morgan fingerprint density at radius 3 is 3.12 bits per heavy atom. The molecule has 94 valence electrons. The summed E-state index contributed by atoms with van der Waals surface area (Å²) in [6.45, 7) is 1.70. The molecule has 1 aromatic carbocycles. The van der Waals surface area contributed by atoms with Gasteiger partial charge in [0.15, 0.2) is 0 Å². The SMILES string of the molecule is OCc1cccc(OCCCC2CCCO2)c1. The third kappa shape index (κ3) is 4.02. The van der Waals surface area contributed by atoms with Gasteiger partial charge >= 0.3 is 0 Å². The maximum atomic E-state index is 9.01. The van der Waals surface area contributed by atoms with Crippen LogP contribution in [0, 0.1) is 0 Å². The van der Waals surface area contributed by atoms with Crippen LogP contribution in [0.3, 0.4) is 0 Å². The minimum absolute atomic E-state index is 0.0626. The summed E-state index contributed by atoms with van der Waals surface area (Å²) < 4.78 is 11.2. The standard InChI is InChI=1S/C14H20O3/c15-11-12-4-1-5-14(10-12)17-9-3-7-13-6-2-8-16-13/h1,4-5,10,13,15H,2-3,6-9,11H2. The van der Waals surface area contributed by atoms with Crippen molar-refractivity contribution in [1.82, 2.24) is 0 Å². The van der Waals surface area contributed by atoms with Crippen molar-refractivity contribution in [2.24, 2.45) is 0 Å². The molecule has 0 saturated carbocycles. The van der Waals surface area contributed by atoms with Crippen molar-refractivity contribution >= 4 is 0 Å². The van der Waals surface area contributed by atoms with Gasteiger partial charge in [0.1, 0.15) is 5.75 Å². The fourth-order valence-electron chi connectivity index (χ4n) is 2.11. The first-order valence-corrected chi connectivity index (χ1v) is 6.32. The van der Waals surface area contributed by atoms with Crippen molar-refractivity contribution < 1.29 is 14.6 Å². The van der Waals surface area contributed by atoms with Gasteiger partial charge in [-0.2, -0.15) is 0 Å². The van der Waals surface area contributed by atoms with Gasteiger partial charge in [0.2, 0.25) is 0 Å². The largest absolute Gasteiger partial charge is 0.494 e. The summed E-state index contributed by atoms with van der Waals surface area (Å²) >= 11 is 0. The van der Waals surface area contributed by atoms with Crippen LogP contribution >= 0.6 is 0 Å². The minimum Gasteiger partial charge on any atom is -0.494 e. The number of rotatable bonds is 6. The van der Waals surface area contributed by atoms with E-state index in [1.807, 2.05) is 24.3 Å². The first-order valence-electron chi connectivity index (χ1n) is 6.32. The summed E-state index contributed by atoms with van der Waals surface area (Å²) in [5.41, 5.74) is 0.890. The van der Waals surface area contributed by atoms with Gasteiger partial charge in [-0.15, -0.1) is 0 Å². The highest BCUT2D eigenvalue weighted by atomic mass is 16.5. The summed E-state index contributed by atoms with van der Waals surface area (Å²) in [5.74, 6) is 0.837. The predicted octanol–water partition coefficient (Wildman–Crippen LogP) is 2.52. The number of ether oxygens (including phenoxy) is 2. The Balaban J connectivity index is 1.66. The zero-order valence-electron chi connectivity index (χ0n) is 10.1. The van der Waals surface area contributed by atoms with Crippen molar-refractivity contribution in [1.29, 1.82) is 0 Å². The fourth-order valence-corrected chi connectivity index (χ4v) is 2.11. The van der Waals surface area contributed by atoms with Crippen LogP contribution in [-0.4, -0.2) is 24.4 Å². The van der Waals surface area contributed by atoms with Gasteiger partial charge in [0.25, 0.3) is 0 Å². The van der Waals surface area contributed by atoms with Crippen LogP contribution in [0.2, 0.25) is 0 Å². The van der Waals surface area contributed by atoms with Gasteiger partial charge in [-0.05, 0) is 43.4 Å². The quantitative estimate of drug-likeness (QED) is 0.771. The first kappa shape index (κ1) is 12.4. The molecule has 3 heteroatoms. The molecule has 0 aliphatic carbocycles. The Hall–Kier alpha value is -1.06. The topological polar surface area (TPSA) is 38.7 Å². The lowest BCUT2D eigenvalue weighted by Gasteiger charge is -2.10. The summed E-state index contributed by atoms with van der Waals surface area (Å²) in [7, 11) is 0. The average molecular weight is 236 g/mol. The smallest absolute Gasteiger partial charge is 0.119 e. The van der Waals surface area contributed by atoms with Crippen molar-refractivity contribution in [3.8, 4) is 5.75 Å². The zero-order valence-corrected chi connectivity index (χ0v) is 10.1. The van der Waals surface area contributed by atoms with Gasteiger partial charge in [0, 0.05) is 6.61 Å². The molecule has 2 rings (SSSR count). The van der Waals surface area contributed by atoms with E-state index in [1.165, 1.54) is 12.8 Å². The molecule has 3 nitrogen and oxygen atoms in total. The normalized spacial score (nSPS) is 19.5. The van der Waals surface area contributed by atoms with Crippen molar-refractivity contribution in [3.63, 3.8) is 0 Å². The Morgan fingerprint density at radius 1 is 1.41 bits per heavy atom. The zero-order chi connectivity index (χ0) is 11.9. The molecule has 1 atom stereocenters. The lowest BCUT2D eigenvalue weighted by atomic mass is 10.1. The molecule has 1 aromatic rings. The number of benzene rings is 1. The third-order valence-corrected chi connectivity index (χ3v) is 3.04. The molecule has 1 N–H and O–H groups in total. The van der Waals surface area contributed by atoms with Gasteiger partial charge < -0.3 is 14.6 Å². The van der Waals surface area contributed by atoms with E-state index >= 15 is 0 Å². The van der Waals surface area contributed by atoms with E-state index in [2.05, 4.69) is 0 Å². The van der Waals surface area contributed by atoms with E-state index in [4.69, 9.17) is 14.6 Å². The average Bonchev–Trinajstić information content (AvgIpc) is 2.88. The van der Waals surface area contributed by atoms with Crippen LogP contribution in [0.4, 0.5) is 0 Å². The lowest BCUT2D eigenvalue weighted by molar-refractivity contribution is 0.0981. The number of hydrogen-bond acceptors (Lipinski definition) is 3. The summed E-state index contributed by atoms with van der Waals surface area (Å²) in [5, 5.41) is 9.01. The predicted molar refractivity (Wildman–Crippen MR) is 66.1 cm³/mol. The fraction of sp³-hybridized carbons (Fsp3) is 0.571. The lowest BCUT2D eigenvalue weighted by Crippen LogP contribution is -2.07. The molecule has 0 aromatic heterocycles. The maximum absolute atomic E-state index is 9.01. The molecule has 1 saturated heterocycles. The highest BCUT2D eigenvalue weighted by molar-refractivity contribution is 5.27. The second kappa shape index (κ2) is 6.62. The molecule has 0 spiro atoms. The molecule has 1 aliphatic heterocycles. The maximum Gasteiger partial charge on any atom is 0.119 e. The molecular weight excluding hydrogens is 216 g/mol. The van der Waals surface area contributed by atoms with Crippen molar-refractivity contribution in [2.75, 3.05) is 13.2 Å². The highest BCUT2D eigenvalue weighted by Crippen LogP contribution is 2.18. The number of aliphatic hydroxyl groups is 1. The molecular formula is C14H20O3. The molecule has 0 radical (unpaired) electrons. The van der Waals surface area contributed by atoms with E-state index in [0.29, 0.717) is 6.10 Å². The van der Waals surface area contributed by atoms with E-state index in [9.17, 15) is 0 Å². The number of hydrogen-bond donors (Lipinski definition) is 1. The molecule has 17 heavy (non-hydrogen) atoms. The summed E-state index contributed by atoms with van der Waals surface area (Å²) in [6.07, 6.45) is 4.94. The van der Waals surface area contributed by atoms with Gasteiger partial charge in [0.05, 0.1) is 19.3 Å². The molecule has 0 amide bonds. The van der Waals surface area contributed by atoms with Gasteiger partial charge in [-0.25, -0.2) is 0 Å². The van der Waals surface area contributed by atoms with E-state index in [-0.39, 0.29) is 6.61 Å². The minimum atomic E-state index is 0.0626. The van der Waals surface area contributed by atoms with Gasteiger partial charge in [-0.1, -0.05) is 12.1 Å². The van der Waals surface area contributed by atoms with Crippen LogP contribution in [0.15, 0.2) is 24.3 Å². The second-order valence-corrected chi connectivity index (χ2v) is 4.43. The summed E-state index contributed by atoms with van der Waals surface area (Å²) in [6, 6.07) is 7.59. The number of aliphatic hydroxyl groups excluding tert-OH is 1. The Kier molecular flexibility index (Phi) is 4.83. The molecule has 0 bridgehead atoms. The van der Waals surface area contributed by atoms with E-state index in [1.54, 1.807) is 0 Å². The van der Waals surface area contributed by atoms with Crippen LogP contribution in [-0.2, 0) is 11.3 Å². The Labute approximate surface area is 102 Å². The molecule has 1 unspecified atom stereocenters. The van der Waals surface area contributed by atoms with E-state index < -0.39 is 0 Å². The van der Waals surface area contributed by atoms with Crippen LogP contribution in [0.25, 0.3) is 0 Å². The second-order valence-electron chi connectivity index (χ2n) is 4.43. The van der Waals surface area contributed by atoms with Crippen molar-refractivity contribution in [3.05, 3.63) is 29.8 Å².